The van der Waals surface area contributed by atoms with Crippen LogP contribution in [0.5, 0.6) is 0 Å². The molecule has 4 nitrogen and oxygen atoms in total. The Morgan fingerprint density at radius 1 is 1.29 bits per heavy atom. The van der Waals surface area contributed by atoms with Crippen LogP contribution in [-0.4, -0.2) is 23.2 Å². The van der Waals surface area contributed by atoms with E-state index in [9.17, 15) is 0 Å². The third kappa shape index (κ3) is 3.28. The molecule has 0 saturated carbocycles. The number of aromatic nitrogens is 2. The van der Waals surface area contributed by atoms with Crippen LogP contribution in [0, 0.1) is 5.92 Å². The fourth-order valence-corrected chi connectivity index (χ4v) is 2.48. The fraction of sp³-hybridized carbons (Fsp3) is 0.636. The van der Waals surface area contributed by atoms with Gasteiger partial charge in [0.05, 0.1) is 18.9 Å². The number of hydrogen-bond acceptors (Lipinski definition) is 4. The van der Waals surface area contributed by atoms with E-state index in [4.69, 9.17) is 33.0 Å². The van der Waals surface area contributed by atoms with Crippen molar-refractivity contribution in [2.24, 2.45) is 5.92 Å². The Bertz CT molecular complexity index is 401. The number of halogens is 2. The van der Waals surface area contributed by atoms with Gasteiger partial charge >= 0.3 is 0 Å². The molecule has 0 fully saturated rings. The van der Waals surface area contributed by atoms with Crippen LogP contribution in [-0.2, 0) is 22.6 Å². The summed E-state index contributed by atoms with van der Waals surface area (Å²) in [6.45, 7) is 3.03. The van der Waals surface area contributed by atoms with Crippen molar-refractivity contribution >= 4 is 23.2 Å². The Hall–Kier alpha value is -0.420. The van der Waals surface area contributed by atoms with Crippen molar-refractivity contribution in [3.05, 3.63) is 21.7 Å². The Morgan fingerprint density at radius 3 is 2.88 bits per heavy atom. The maximum atomic E-state index is 6.07. The summed E-state index contributed by atoms with van der Waals surface area (Å²) in [5.41, 5.74) is 1.95. The van der Waals surface area contributed by atoms with Crippen molar-refractivity contribution in [1.29, 1.82) is 0 Å². The Labute approximate surface area is 110 Å². The molecule has 17 heavy (non-hydrogen) atoms. The third-order valence-corrected chi connectivity index (χ3v) is 3.28. The second-order valence-electron chi connectivity index (χ2n) is 4.01. The minimum Gasteiger partial charge on any atom is -0.237 e. The normalized spacial score (nSPS) is 19.1. The van der Waals surface area contributed by atoms with Crippen molar-refractivity contribution in [1.82, 2.24) is 9.97 Å². The second kappa shape index (κ2) is 5.96. The minimum atomic E-state index is 0.220. The first-order valence-corrected chi connectivity index (χ1v) is 6.41. The van der Waals surface area contributed by atoms with Gasteiger partial charge in [0.1, 0.15) is 5.15 Å². The molecule has 1 heterocycles. The van der Waals surface area contributed by atoms with Crippen LogP contribution in [0.25, 0.3) is 0 Å². The van der Waals surface area contributed by atoms with Crippen molar-refractivity contribution in [3.8, 4) is 0 Å². The van der Waals surface area contributed by atoms with Gasteiger partial charge in [0.25, 0.3) is 0 Å². The summed E-state index contributed by atoms with van der Waals surface area (Å²) in [5.74, 6) is 0.399. The highest BCUT2D eigenvalue weighted by molar-refractivity contribution is 6.32. The molecular weight excluding hydrogens is 263 g/mol. The smallest absolute Gasteiger partial charge is 0.224 e. The number of fused-ring (bicyclic) bond motifs is 1. The van der Waals surface area contributed by atoms with E-state index in [0.29, 0.717) is 24.3 Å². The molecule has 1 aromatic rings. The van der Waals surface area contributed by atoms with E-state index in [1.807, 2.05) is 6.92 Å². The quantitative estimate of drug-likeness (QED) is 0.279. The van der Waals surface area contributed by atoms with Crippen molar-refractivity contribution in [3.63, 3.8) is 0 Å². The molecule has 1 aromatic heterocycles. The molecule has 6 heteroatoms. The van der Waals surface area contributed by atoms with Crippen LogP contribution in [0.1, 0.15) is 24.6 Å². The molecule has 0 N–H and O–H groups in total. The monoisotopic (exact) mass is 276 g/mol. The van der Waals surface area contributed by atoms with Gasteiger partial charge in [-0.15, -0.1) is 0 Å². The third-order valence-electron chi connectivity index (χ3n) is 2.80. The average molecular weight is 277 g/mol. The van der Waals surface area contributed by atoms with Crippen LogP contribution in [0.2, 0.25) is 10.4 Å². The topological polar surface area (TPSA) is 44.2 Å². The molecule has 0 amide bonds. The maximum Gasteiger partial charge on any atom is 0.224 e. The number of nitrogens with zero attached hydrogens (tertiary/aromatic N) is 2. The van der Waals surface area contributed by atoms with Gasteiger partial charge < -0.3 is 0 Å². The van der Waals surface area contributed by atoms with Crippen LogP contribution < -0.4 is 0 Å². The molecule has 0 radical (unpaired) electrons. The van der Waals surface area contributed by atoms with Gasteiger partial charge in [-0.3, -0.25) is 0 Å². The summed E-state index contributed by atoms with van der Waals surface area (Å²) in [7, 11) is 0. The lowest BCUT2D eigenvalue weighted by molar-refractivity contribution is -0.298. The number of aryl methyl sites for hydroxylation is 1. The molecule has 0 aromatic carbocycles. The molecule has 1 atom stereocenters. The Kier molecular flexibility index (Phi) is 4.56. The van der Waals surface area contributed by atoms with E-state index >= 15 is 0 Å². The first kappa shape index (κ1) is 13.0. The molecule has 0 spiro atoms. The largest absolute Gasteiger partial charge is 0.237 e. The van der Waals surface area contributed by atoms with E-state index in [1.165, 1.54) is 0 Å². The van der Waals surface area contributed by atoms with Gasteiger partial charge in [0, 0.05) is 5.56 Å². The molecule has 1 aliphatic rings. The predicted molar refractivity (Wildman–Crippen MR) is 65.1 cm³/mol. The lowest BCUT2D eigenvalue weighted by Crippen LogP contribution is -2.21. The van der Waals surface area contributed by atoms with Gasteiger partial charge in [0.2, 0.25) is 5.28 Å². The van der Waals surface area contributed by atoms with Crippen molar-refractivity contribution in [2.75, 3.05) is 13.2 Å². The molecule has 94 valence electrons. The van der Waals surface area contributed by atoms with Gasteiger partial charge in [-0.2, -0.15) is 0 Å². The summed E-state index contributed by atoms with van der Waals surface area (Å²) in [5, 5.41) is 0.680. The van der Waals surface area contributed by atoms with E-state index in [1.54, 1.807) is 0 Å². The van der Waals surface area contributed by atoms with Crippen LogP contribution in [0.4, 0.5) is 0 Å². The second-order valence-corrected chi connectivity index (χ2v) is 4.70. The van der Waals surface area contributed by atoms with Crippen LogP contribution >= 0.6 is 23.2 Å². The summed E-state index contributed by atoms with van der Waals surface area (Å²) >= 11 is 11.8. The average Bonchev–Trinajstić information content (AvgIpc) is 2.30. The molecule has 0 bridgehead atoms. The summed E-state index contributed by atoms with van der Waals surface area (Å²) < 4.78 is 0. The maximum absolute atomic E-state index is 6.07. The van der Waals surface area contributed by atoms with Gasteiger partial charge in [-0.25, -0.2) is 19.7 Å². The molecule has 1 aliphatic carbocycles. The van der Waals surface area contributed by atoms with Crippen LogP contribution in [0.3, 0.4) is 0 Å². The van der Waals surface area contributed by atoms with Gasteiger partial charge in [-0.05, 0) is 43.7 Å². The molecular formula is C11H14Cl2N2O2. The zero-order valence-electron chi connectivity index (χ0n) is 9.58. The molecule has 0 saturated heterocycles. The van der Waals surface area contributed by atoms with Crippen molar-refractivity contribution in [2.45, 2.75) is 26.2 Å². The molecule has 2 rings (SSSR count). The standard InChI is InChI=1S/C11H14Cl2N2O2/c1-2-16-17-6-7-3-4-9-8(5-7)10(12)15-11(13)14-9/h7H,2-6H2,1H3. The zero-order chi connectivity index (χ0) is 12.3. The predicted octanol–water partition coefficient (Wildman–Crippen LogP) is 2.86. The first-order valence-electron chi connectivity index (χ1n) is 5.66. The minimum absolute atomic E-state index is 0.220. The first-order chi connectivity index (χ1) is 8.20. The summed E-state index contributed by atoms with van der Waals surface area (Å²) in [6, 6.07) is 0. The Morgan fingerprint density at radius 2 is 2.12 bits per heavy atom. The Balaban J connectivity index is 2.03. The SMILES string of the molecule is CCOOCC1CCc2nc(Cl)nc(Cl)c2C1. The highest BCUT2D eigenvalue weighted by atomic mass is 35.5. The van der Waals surface area contributed by atoms with Gasteiger partial charge in [0.15, 0.2) is 0 Å². The molecule has 1 unspecified atom stereocenters. The van der Waals surface area contributed by atoms with Crippen molar-refractivity contribution < 1.29 is 9.78 Å². The zero-order valence-corrected chi connectivity index (χ0v) is 11.1. The van der Waals surface area contributed by atoms with E-state index < -0.39 is 0 Å². The fourth-order valence-electron chi connectivity index (χ4n) is 1.98. The highest BCUT2D eigenvalue weighted by Crippen LogP contribution is 2.29. The lowest BCUT2D eigenvalue weighted by Gasteiger charge is -2.23. The lowest BCUT2D eigenvalue weighted by atomic mass is 9.88. The highest BCUT2D eigenvalue weighted by Gasteiger charge is 2.23. The summed E-state index contributed by atoms with van der Waals surface area (Å²) in [6.07, 6.45) is 2.68. The van der Waals surface area contributed by atoms with E-state index in [-0.39, 0.29) is 5.28 Å². The van der Waals surface area contributed by atoms with E-state index in [0.717, 1.165) is 30.5 Å². The summed E-state index contributed by atoms with van der Waals surface area (Å²) in [4.78, 5) is 18.1. The van der Waals surface area contributed by atoms with E-state index in [2.05, 4.69) is 9.97 Å². The molecule has 0 aliphatic heterocycles. The number of hydrogen-bond donors (Lipinski definition) is 0. The van der Waals surface area contributed by atoms with Crippen LogP contribution in [0.15, 0.2) is 0 Å². The van der Waals surface area contributed by atoms with Gasteiger partial charge in [-0.1, -0.05) is 11.6 Å². The number of rotatable bonds is 4.